The summed E-state index contributed by atoms with van der Waals surface area (Å²) in [5.41, 5.74) is 1.38. The quantitative estimate of drug-likeness (QED) is 0.603. The Labute approximate surface area is 158 Å². The van der Waals surface area contributed by atoms with E-state index in [4.69, 9.17) is 4.74 Å². The largest absolute Gasteiger partial charge is 0.493 e. The number of ether oxygens (including phenoxy) is 1. The van der Waals surface area contributed by atoms with Crippen molar-refractivity contribution >= 4 is 21.7 Å². The molecule has 4 heteroatoms. The van der Waals surface area contributed by atoms with E-state index in [-0.39, 0.29) is 5.78 Å². The molecule has 0 heterocycles. The van der Waals surface area contributed by atoms with E-state index >= 15 is 0 Å². The van der Waals surface area contributed by atoms with Crippen molar-refractivity contribution in [1.29, 1.82) is 0 Å². The van der Waals surface area contributed by atoms with Crippen LogP contribution in [-0.4, -0.2) is 37.4 Å². The van der Waals surface area contributed by atoms with Gasteiger partial charge in [-0.3, -0.25) is 4.79 Å². The number of nitrogens with zero attached hydrogens (tertiary/aromatic N) is 1. The lowest BCUT2D eigenvalue weighted by atomic mass is 10.0. The van der Waals surface area contributed by atoms with E-state index in [0.717, 1.165) is 35.8 Å². The molecule has 0 aliphatic heterocycles. The summed E-state index contributed by atoms with van der Waals surface area (Å²) >= 11 is 3.39. The van der Waals surface area contributed by atoms with Gasteiger partial charge in [0.25, 0.3) is 0 Å². The molecule has 2 unspecified atom stereocenters. The van der Waals surface area contributed by atoms with Crippen LogP contribution in [0, 0.1) is 11.8 Å². The van der Waals surface area contributed by atoms with Gasteiger partial charge in [0.05, 0.1) is 6.61 Å². The van der Waals surface area contributed by atoms with Crippen molar-refractivity contribution in [3.05, 3.63) is 64.1 Å². The Kier molecular flexibility index (Phi) is 5.92. The maximum atomic E-state index is 12.5. The van der Waals surface area contributed by atoms with Gasteiger partial charge in [-0.15, -0.1) is 0 Å². The average Bonchev–Trinajstić information content (AvgIpc) is 3.38. The van der Waals surface area contributed by atoms with Crippen molar-refractivity contribution in [1.82, 2.24) is 4.90 Å². The van der Waals surface area contributed by atoms with E-state index in [9.17, 15) is 4.79 Å². The molecule has 1 saturated carbocycles. The van der Waals surface area contributed by atoms with Gasteiger partial charge in [-0.1, -0.05) is 22.9 Å². The summed E-state index contributed by atoms with van der Waals surface area (Å²) in [7, 11) is 2.16. The fourth-order valence-corrected chi connectivity index (χ4v) is 3.21. The van der Waals surface area contributed by atoms with Crippen LogP contribution in [0.25, 0.3) is 0 Å². The summed E-state index contributed by atoms with van der Waals surface area (Å²) < 4.78 is 6.86. The minimum atomic E-state index is 0.0314. The first-order valence-electron chi connectivity index (χ1n) is 8.78. The number of hydrogen-bond donors (Lipinski definition) is 0. The van der Waals surface area contributed by atoms with E-state index in [1.54, 1.807) is 0 Å². The summed E-state index contributed by atoms with van der Waals surface area (Å²) in [4.78, 5) is 14.8. The zero-order valence-electron chi connectivity index (χ0n) is 14.7. The third kappa shape index (κ3) is 4.93. The van der Waals surface area contributed by atoms with Crippen LogP contribution in [0.15, 0.2) is 53.0 Å². The van der Waals surface area contributed by atoms with Crippen LogP contribution in [0.4, 0.5) is 0 Å². The van der Waals surface area contributed by atoms with Crippen molar-refractivity contribution in [3.8, 4) is 5.75 Å². The second kappa shape index (κ2) is 8.15. The van der Waals surface area contributed by atoms with Crippen molar-refractivity contribution in [2.24, 2.45) is 11.8 Å². The molecule has 0 aromatic heterocycles. The summed E-state index contributed by atoms with van der Waals surface area (Å²) in [6, 6.07) is 14.9. The van der Waals surface area contributed by atoms with Gasteiger partial charge < -0.3 is 9.64 Å². The lowest BCUT2D eigenvalue weighted by Crippen LogP contribution is -2.21. The lowest BCUT2D eigenvalue weighted by molar-refractivity contribution is 0.103. The van der Waals surface area contributed by atoms with Crippen molar-refractivity contribution in [2.75, 3.05) is 26.7 Å². The highest BCUT2D eigenvalue weighted by atomic mass is 79.9. The van der Waals surface area contributed by atoms with Gasteiger partial charge in [-0.2, -0.15) is 0 Å². The predicted octanol–water partition coefficient (Wildman–Crippen LogP) is 4.65. The van der Waals surface area contributed by atoms with Crippen LogP contribution < -0.4 is 4.74 Å². The Morgan fingerprint density at radius 3 is 2.28 bits per heavy atom. The lowest BCUT2D eigenvalue weighted by Gasteiger charge is -2.13. The zero-order chi connectivity index (χ0) is 17.8. The SMILES string of the molecule is CCN(C)CC1CC1COc1ccc(C(=O)c2ccc(Br)cc2)cc1. The van der Waals surface area contributed by atoms with E-state index in [2.05, 4.69) is 34.8 Å². The van der Waals surface area contributed by atoms with Crippen LogP contribution in [-0.2, 0) is 0 Å². The smallest absolute Gasteiger partial charge is 0.193 e. The molecular weight excluding hydrogens is 378 g/mol. The number of halogens is 1. The van der Waals surface area contributed by atoms with Crippen LogP contribution in [0.5, 0.6) is 5.75 Å². The summed E-state index contributed by atoms with van der Waals surface area (Å²) in [6.07, 6.45) is 1.25. The van der Waals surface area contributed by atoms with Crippen molar-refractivity contribution < 1.29 is 9.53 Å². The molecule has 0 amide bonds. The average molecular weight is 402 g/mol. The maximum Gasteiger partial charge on any atom is 0.193 e. The molecule has 3 rings (SSSR count). The Morgan fingerprint density at radius 2 is 1.68 bits per heavy atom. The summed E-state index contributed by atoms with van der Waals surface area (Å²) in [6.45, 7) is 5.20. The number of ketones is 1. The normalized spacial score (nSPS) is 19.0. The number of hydrogen-bond acceptors (Lipinski definition) is 3. The molecule has 0 bridgehead atoms. The van der Waals surface area contributed by atoms with Gasteiger partial charge in [0.2, 0.25) is 0 Å². The molecule has 1 aliphatic rings. The molecule has 25 heavy (non-hydrogen) atoms. The maximum absolute atomic E-state index is 12.5. The molecule has 2 aromatic carbocycles. The number of carbonyl (C=O) groups excluding carboxylic acids is 1. The first-order chi connectivity index (χ1) is 12.1. The van der Waals surface area contributed by atoms with Gasteiger partial charge in [0.15, 0.2) is 5.78 Å². The standard InChI is InChI=1S/C21H24BrNO2/c1-3-23(2)13-17-12-18(17)14-25-20-10-6-16(7-11-20)21(24)15-4-8-19(22)9-5-15/h4-11,17-18H,3,12-14H2,1-2H3. The van der Waals surface area contributed by atoms with Gasteiger partial charge in [0, 0.05) is 22.1 Å². The molecule has 0 radical (unpaired) electrons. The van der Waals surface area contributed by atoms with Crippen molar-refractivity contribution in [2.45, 2.75) is 13.3 Å². The molecule has 2 atom stereocenters. The minimum Gasteiger partial charge on any atom is -0.493 e. The highest BCUT2D eigenvalue weighted by Gasteiger charge is 2.37. The van der Waals surface area contributed by atoms with Crippen molar-refractivity contribution in [3.63, 3.8) is 0 Å². The zero-order valence-corrected chi connectivity index (χ0v) is 16.3. The fourth-order valence-electron chi connectivity index (χ4n) is 2.94. The van der Waals surface area contributed by atoms with Gasteiger partial charge in [-0.05, 0) is 80.4 Å². The molecule has 0 saturated heterocycles. The topological polar surface area (TPSA) is 29.5 Å². The Bertz CT molecular complexity index is 712. The van der Waals surface area contributed by atoms with Crippen LogP contribution in [0.1, 0.15) is 29.3 Å². The Morgan fingerprint density at radius 1 is 1.08 bits per heavy atom. The molecule has 0 N–H and O–H groups in total. The second-order valence-electron chi connectivity index (χ2n) is 6.78. The van der Waals surface area contributed by atoms with Gasteiger partial charge in [0.1, 0.15) is 5.75 Å². The summed E-state index contributed by atoms with van der Waals surface area (Å²) in [5, 5.41) is 0. The molecule has 1 fully saturated rings. The highest BCUT2D eigenvalue weighted by Crippen LogP contribution is 2.39. The number of benzene rings is 2. The molecular formula is C21H24BrNO2. The van der Waals surface area contributed by atoms with Gasteiger partial charge in [-0.25, -0.2) is 0 Å². The van der Waals surface area contributed by atoms with E-state index in [1.165, 1.54) is 6.42 Å². The molecule has 1 aliphatic carbocycles. The first kappa shape index (κ1) is 18.2. The third-order valence-electron chi connectivity index (χ3n) is 4.84. The minimum absolute atomic E-state index is 0.0314. The van der Waals surface area contributed by atoms with E-state index in [0.29, 0.717) is 17.0 Å². The summed E-state index contributed by atoms with van der Waals surface area (Å²) in [5.74, 6) is 2.30. The Balaban J connectivity index is 1.51. The molecule has 3 nitrogen and oxygen atoms in total. The van der Waals surface area contributed by atoms with Crippen LogP contribution >= 0.6 is 15.9 Å². The molecule has 0 spiro atoms. The predicted molar refractivity (Wildman–Crippen MR) is 104 cm³/mol. The van der Waals surface area contributed by atoms with E-state index < -0.39 is 0 Å². The molecule has 2 aromatic rings. The first-order valence-corrected chi connectivity index (χ1v) is 9.57. The highest BCUT2D eigenvalue weighted by molar-refractivity contribution is 9.10. The Hall–Kier alpha value is -1.65. The fraction of sp³-hybridized carbons (Fsp3) is 0.381. The van der Waals surface area contributed by atoms with Crippen LogP contribution in [0.3, 0.4) is 0 Å². The third-order valence-corrected chi connectivity index (χ3v) is 5.37. The second-order valence-corrected chi connectivity index (χ2v) is 7.70. The van der Waals surface area contributed by atoms with E-state index in [1.807, 2.05) is 48.5 Å². The molecule has 132 valence electrons. The monoisotopic (exact) mass is 401 g/mol. The van der Waals surface area contributed by atoms with Crippen LogP contribution in [0.2, 0.25) is 0 Å². The van der Waals surface area contributed by atoms with Gasteiger partial charge >= 0.3 is 0 Å². The number of rotatable bonds is 8. The number of carbonyl (C=O) groups is 1.